The van der Waals surface area contributed by atoms with Gasteiger partial charge in [-0.3, -0.25) is 4.79 Å². The van der Waals surface area contributed by atoms with Gasteiger partial charge in [-0.1, -0.05) is 11.2 Å². The quantitative estimate of drug-likeness (QED) is 0.592. The first-order valence-corrected chi connectivity index (χ1v) is 9.65. The Labute approximate surface area is 178 Å². The fourth-order valence-corrected chi connectivity index (χ4v) is 3.60. The molecule has 0 bridgehead atoms. The van der Waals surface area contributed by atoms with E-state index in [9.17, 15) is 9.18 Å². The number of hydrogen-bond acceptors (Lipinski definition) is 7. The van der Waals surface area contributed by atoms with Gasteiger partial charge in [0.25, 0.3) is 0 Å². The maximum absolute atomic E-state index is 13.9. The van der Waals surface area contributed by atoms with Crippen LogP contribution in [0.3, 0.4) is 0 Å². The number of benzene rings is 2. The van der Waals surface area contributed by atoms with Gasteiger partial charge in [-0.25, -0.2) is 4.39 Å². The molecule has 0 saturated carbocycles. The van der Waals surface area contributed by atoms with Crippen molar-refractivity contribution in [3.63, 3.8) is 0 Å². The van der Waals surface area contributed by atoms with Gasteiger partial charge in [0, 0.05) is 24.2 Å². The normalized spacial score (nSPS) is 16.0. The highest BCUT2D eigenvalue weighted by molar-refractivity contribution is 5.96. The lowest BCUT2D eigenvalue weighted by Crippen LogP contribution is -2.24. The van der Waals surface area contributed by atoms with Crippen molar-refractivity contribution in [3.8, 4) is 28.6 Å². The van der Waals surface area contributed by atoms with Crippen LogP contribution in [0.2, 0.25) is 0 Å². The van der Waals surface area contributed by atoms with Gasteiger partial charge >= 0.3 is 0 Å². The Balaban J connectivity index is 1.59. The number of carbonyl (C=O) groups is 1. The molecule has 1 aliphatic heterocycles. The highest BCUT2D eigenvalue weighted by atomic mass is 19.1. The van der Waals surface area contributed by atoms with Crippen molar-refractivity contribution in [1.82, 2.24) is 10.1 Å². The van der Waals surface area contributed by atoms with Crippen LogP contribution >= 0.6 is 0 Å². The standard InChI is InChI=1S/C22H22FN3O5/c1-12-5-6-15(10-16(12)23)26-11-14(9-19(26)27)22-24-21(25-31-22)13-7-17(28-2)20(30-4)18(8-13)29-3/h5-8,10,14H,9,11H2,1-4H3/t14-/m1/s1. The predicted octanol–water partition coefficient (Wildman–Crippen LogP) is 3.73. The van der Waals surface area contributed by atoms with E-state index in [-0.39, 0.29) is 24.1 Å². The molecule has 0 aliphatic carbocycles. The van der Waals surface area contributed by atoms with E-state index >= 15 is 0 Å². The third-order valence-electron chi connectivity index (χ3n) is 5.31. The number of aryl methyl sites for hydroxylation is 1. The van der Waals surface area contributed by atoms with Crippen molar-refractivity contribution in [2.45, 2.75) is 19.3 Å². The molecule has 0 N–H and O–H groups in total. The zero-order valence-electron chi connectivity index (χ0n) is 17.6. The van der Waals surface area contributed by atoms with Crippen LogP contribution in [0, 0.1) is 12.7 Å². The van der Waals surface area contributed by atoms with Crippen LogP contribution in [-0.4, -0.2) is 43.9 Å². The van der Waals surface area contributed by atoms with E-state index in [0.29, 0.717) is 52.3 Å². The summed E-state index contributed by atoms with van der Waals surface area (Å²) in [7, 11) is 4.57. The van der Waals surface area contributed by atoms with Gasteiger partial charge in [0.05, 0.1) is 27.2 Å². The van der Waals surface area contributed by atoms with Crippen LogP contribution in [0.15, 0.2) is 34.9 Å². The predicted molar refractivity (Wildman–Crippen MR) is 110 cm³/mol. The molecule has 1 fully saturated rings. The second-order valence-electron chi connectivity index (χ2n) is 7.21. The maximum atomic E-state index is 13.9. The molecule has 9 heteroatoms. The summed E-state index contributed by atoms with van der Waals surface area (Å²) < 4.78 is 35.5. The Morgan fingerprint density at radius 1 is 1.10 bits per heavy atom. The number of anilines is 1. The molecule has 1 atom stereocenters. The molecule has 1 amide bonds. The lowest BCUT2D eigenvalue weighted by molar-refractivity contribution is -0.117. The number of aromatic nitrogens is 2. The molecule has 8 nitrogen and oxygen atoms in total. The smallest absolute Gasteiger partial charge is 0.232 e. The van der Waals surface area contributed by atoms with Gasteiger partial charge in [0.2, 0.25) is 23.4 Å². The largest absolute Gasteiger partial charge is 0.493 e. The van der Waals surface area contributed by atoms with Gasteiger partial charge in [-0.2, -0.15) is 4.98 Å². The van der Waals surface area contributed by atoms with Crippen molar-refractivity contribution in [2.75, 3.05) is 32.8 Å². The molecule has 2 aromatic carbocycles. The minimum Gasteiger partial charge on any atom is -0.493 e. The molecule has 1 aromatic heterocycles. The maximum Gasteiger partial charge on any atom is 0.232 e. The lowest BCUT2D eigenvalue weighted by Gasteiger charge is -2.16. The monoisotopic (exact) mass is 427 g/mol. The second-order valence-corrected chi connectivity index (χ2v) is 7.21. The molecule has 0 unspecified atom stereocenters. The average molecular weight is 427 g/mol. The number of halogens is 1. The van der Waals surface area contributed by atoms with Crippen LogP contribution < -0.4 is 19.1 Å². The summed E-state index contributed by atoms with van der Waals surface area (Å²) >= 11 is 0. The van der Waals surface area contributed by atoms with Crippen molar-refractivity contribution in [2.24, 2.45) is 0 Å². The number of amides is 1. The van der Waals surface area contributed by atoms with Gasteiger partial charge in [-0.15, -0.1) is 0 Å². The molecule has 1 aliphatic rings. The van der Waals surface area contributed by atoms with Gasteiger partial charge in [0.1, 0.15) is 5.82 Å². The zero-order chi connectivity index (χ0) is 22.1. The fraction of sp³-hybridized carbons (Fsp3) is 0.318. The average Bonchev–Trinajstić information content (AvgIpc) is 3.41. The van der Waals surface area contributed by atoms with E-state index in [1.54, 1.807) is 31.2 Å². The molecule has 4 rings (SSSR count). The Hall–Kier alpha value is -3.62. The third kappa shape index (κ3) is 3.78. The van der Waals surface area contributed by atoms with Gasteiger partial charge in [0.15, 0.2) is 11.5 Å². The number of rotatable bonds is 6. The van der Waals surface area contributed by atoms with E-state index in [4.69, 9.17) is 18.7 Å². The van der Waals surface area contributed by atoms with Gasteiger partial charge < -0.3 is 23.6 Å². The summed E-state index contributed by atoms with van der Waals surface area (Å²) in [5.74, 6) is 1.30. The summed E-state index contributed by atoms with van der Waals surface area (Å²) in [4.78, 5) is 18.6. The number of carbonyl (C=O) groups excluding carboxylic acids is 1. The number of methoxy groups -OCH3 is 3. The minimum atomic E-state index is -0.351. The van der Waals surface area contributed by atoms with E-state index < -0.39 is 0 Å². The first-order chi connectivity index (χ1) is 14.9. The molecule has 0 radical (unpaired) electrons. The molecule has 1 saturated heterocycles. The summed E-state index contributed by atoms with van der Waals surface area (Å²) in [5.41, 5.74) is 1.66. The second kappa shape index (κ2) is 8.25. The fourth-order valence-electron chi connectivity index (χ4n) is 3.60. The topological polar surface area (TPSA) is 86.9 Å². The minimum absolute atomic E-state index is 0.124. The van der Waals surface area contributed by atoms with Crippen molar-refractivity contribution >= 4 is 11.6 Å². The molecule has 2 heterocycles. The van der Waals surface area contributed by atoms with Crippen LogP contribution in [-0.2, 0) is 4.79 Å². The van der Waals surface area contributed by atoms with Crippen LogP contribution in [0.5, 0.6) is 17.2 Å². The Morgan fingerprint density at radius 3 is 2.42 bits per heavy atom. The molecule has 3 aromatic rings. The summed E-state index contributed by atoms with van der Waals surface area (Å²) in [6, 6.07) is 8.19. The number of nitrogens with zero attached hydrogens (tertiary/aromatic N) is 3. The highest BCUT2D eigenvalue weighted by Crippen LogP contribution is 2.41. The number of hydrogen-bond donors (Lipinski definition) is 0. The van der Waals surface area contributed by atoms with Crippen LogP contribution in [0.4, 0.5) is 10.1 Å². The molecule has 0 spiro atoms. The SMILES string of the molecule is COc1cc(-c2noc([C@@H]3CC(=O)N(c4ccc(C)c(F)c4)C3)n2)cc(OC)c1OC. The molecule has 31 heavy (non-hydrogen) atoms. The highest BCUT2D eigenvalue weighted by Gasteiger charge is 2.35. The molecular formula is C22H22FN3O5. The van der Waals surface area contributed by atoms with E-state index in [0.717, 1.165) is 0 Å². The Morgan fingerprint density at radius 2 is 1.81 bits per heavy atom. The molecule has 162 valence electrons. The van der Waals surface area contributed by atoms with Crippen LogP contribution in [0.1, 0.15) is 23.8 Å². The Bertz CT molecular complexity index is 1110. The first-order valence-electron chi connectivity index (χ1n) is 9.65. The summed E-state index contributed by atoms with van der Waals surface area (Å²) in [6.07, 6.45) is 0.201. The van der Waals surface area contributed by atoms with Crippen molar-refractivity contribution in [1.29, 1.82) is 0 Å². The third-order valence-corrected chi connectivity index (χ3v) is 5.31. The summed E-state index contributed by atoms with van der Waals surface area (Å²) in [5, 5.41) is 4.06. The van der Waals surface area contributed by atoms with E-state index in [1.165, 1.54) is 32.3 Å². The number of ether oxygens (including phenoxy) is 3. The molecular weight excluding hydrogens is 405 g/mol. The van der Waals surface area contributed by atoms with Crippen molar-refractivity contribution in [3.05, 3.63) is 47.6 Å². The van der Waals surface area contributed by atoms with Crippen molar-refractivity contribution < 1.29 is 27.9 Å². The lowest BCUT2D eigenvalue weighted by atomic mass is 10.1. The zero-order valence-corrected chi connectivity index (χ0v) is 17.6. The van der Waals surface area contributed by atoms with E-state index in [1.807, 2.05) is 0 Å². The van der Waals surface area contributed by atoms with E-state index in [2.05, 4.69) is 10.1 Å². The van der Waals surface area contributed by atoms with Crippen LogP contribution in [0.25, 0.3) is 11.4 Å². The Kier molecular flexibility index (Phi) is 5.50. The first kappa shape index (κ1) is 20.6. The van der Waals surface area contributed by atoms with Gasteiger partial charge in [-0.05, 0) is 36.8 Å². The summed E-state index contributed by atoms with van der Waals surface area (Å²) in [6.45, 7) is 2.01.